The van der Waals surface area contributed by atoms with Crippen molar-refractivity contribution in [1.82, 2.24) is 0 Å². The molecule has 0 aromatic carbocycles. The molecule has 0 saturated heterocycles. The summed E-state index contributed by atoms with van der Waals surface area (Å²) in [5, 5.41) is 0.349. The Balaban J connectivity index is 2.94. The van der Waals surface area contributed by atoms with Crippen LogP contribution in [0.1, 0.15) is 12.7 Å². The number of ether oxygens (including phenoxy) is 1. The van der Waals surface area contributed by atoms with E-state index in [-0.39, 0.29) is 0 Å². The molecule has 0 aliphatic heterocycles. The lowest BCUT2D eigenvalue weighted by atomic mass is 10.0. The van der Waals surface area contributed by atoms with E-state index in [1.807, 2.05) is 6.92 Å². The molecule has 0 bridgehead atoms. The average molecular weight is 190 g/mol. The van der Waals surface area contributed by atoms with Crippen LogP contribution in [0.15, 0.2) is 16.5 Å². The quantitative estimate of drug-likeness (QED) is 0.788. The standard InChI is InChI=1S/C8H12ClNO2/c1-8(5-10,11-2)6-3-4-7(9)12-6/h3-4H,5,10H2,1-2H3. The fraction of sp³-hybridized carbons (Fsp3) is 0.500. The van der Waals surface area contributed by atoms with Gasteiger partial charge in [-0.1, -0.05) is 0 Å². The van der Waals surface area contributed by atoms with Crippen LogP contribution in [0, 0.1) is 0 Å². The molecule has 3 nitrogen and oxygen atoms in total. The van der Waals surface area contributed by atoms with Crippen LogP contribution in [0.25, 0.3) is 0 Å². The SMILES string of the molecule is COC(C)(CN)c1ccc(Cl)o1. The third kappa shape index (κ3) is 1.63. The van der Waals surface area contributed by atoms with Crippen LogP contribution in [-0.4, -0.2) is 13.7 Å². The van der Waals surface area contributed by atoms with Crippen molar-refractivity contribution in [2.45, 2.75) is 12.5 Å². The van der Waals surface area contributed by atoms with Gasteiger partial charge >= 0.3 is 0 Å². The summed E-state index contributed by atoms with van der Waals surface area (Å²) >= 11 is 5.62. The zero-order valence-corrected chi connectivity index (χ0v) is 7.89. The summed E-state index contributed by atoms with van der Waals surface area (Å²) in [4.78, 5) is 0. The third-order valence-electron chi connectivity index (χ3n) is 1.93. The highest BCUT2D eigenvalue weighted by atomic mass is 35.5. The second-order valence-electron chi connectivity index (χ2n) is 2.74. The van der Waals surface area contributed by atoms with Crippen LogP contribution >= 0.6 is 11.6 Å². The molecular formula is C8H12ClNO2. The third-order valence-corrected chi connectivity index (χ3v) is 2.14. The number of nitrogens with two attached hydrogens (primary N) is 1. The molecule has 1 heterocycles. The molecular weight excluding hydrogens is 178 g/mol. The molecule has 1 atom stereocenters. The number of hydrogen-bond acceptors (Lipinski definition) is 3. The predicted octanol–water partition coefficient (Wildman–Crippen LogP) is 1.75. The van der Waals surface area contributed by atoms with Gasteiger partial charge in [0.2, 0.25) is 0 Å². The predicted molar refractivity (Wildman–Crippen MR) is 47.1 cm³/mol. The minimum absolute atomic E-state index is 0.349. The molecule has 1 aromatic heterocycles. The van der Waals surface area contributed by atoms with E-state index in [1.54, 1.807) is 19.2 Å². The molecule has 0 fully saturated rings. The van der Waals surface area contributed by atoms with Crippen LogP contribution in [0.3, 0.4) is 0 Å². The molecule has 0 aliphatic rings. The lowest BCUT2D eigenvalue weighted by Gasteiger charge is -2.23. The van der Waals surface area contributed by atoms with Gasteiger partial charge in [0, 0.05) is 13.7 Å². The lowest BCUT2D eigenvalue weighted by molar-refractivity contribution is -0.00771. The molecule has 68 valence electrons. The Labute approximate surface area is 76.4 Å². The van der Waals surface area contributed by atoms with Gasteiger partial charge in [-0.2, -0.15) is 0 Å². The van der Waals surface area contributed by atoms with E-state index in [1.165, 1.54) is 0 Å². The first-order valence-electron chi connectivity index (χ1n) is 3.63. The van der Waals surface area contributed by atoms with Gasteiger partial charge in [-0.05, 0) is 30.7 Å². The smallest absolute Gasteiger partial charge is 0.193 e. The van der Waals surface area contributed by atoms with Gasteiger partial charge in [-0.3, -0.25) is 0 Å². The Morgan fingerprint density at radius 1 is 1.67 bits per heavy atom. The van der Waals surface area contributed by atoms with Crippen molar-refractivity contribution >= 4 is 11.6 Å². The van der Waals surface area contributed by atoms with Crippen molar-refractivity contribution in [1.29, 1.82) is 0 Å². The molecule has 2 N–H and O–H groups in total. The maximum absolute atomic E-state index is 5.62. The van der Waals surface area contributed by atoms with Crippen molar-refractivity contribution in [3.05, 3.63) is 23.1 Å². The number of furan rings is 1. The maximum Gasteiger partial charge on any atom is 0.193 e. The van der Waals surface area contributed by atoms with E-state index < -0.39 is 5.60 Å². The first kappa shape index (κ1) is 9.58. The summed E-state index contributed by atoms with van der Waals surface area (Å²) in [6.45, 7) is 2.20. The number of rotatable bonds is 3. The monoisotopic (exact) mass is 189 g/mol. The summed E-state index contributed by atoms with van der Waals surface area (Å²) in [7, 11) is 1.59. The van der Waals surface area contributed by atoms with Crippen molar-refractivity contribution in [3.63, 3.8) is 0 Å². The van der Waals surface area contributed by atoms with E-state index in [0.717, 1.165) is 0 Å². The second kappa shape index (κ2) is 3.47. The highest BCUT2D eigenvalue weighted by Gasteiger charge is 2.27. The minimum atomic E-state index is -0.576. The van der Waals surface area contributed by atoms with Crippen LogP contribution in [-0.2, 0) is 10.3 Å². The highest BCUT2D eigenvalue weighted by Crippen LogP contribution is 2.26. The first-order valence-corrected chi connectivity index (χ1v) is 4.01. The minimum Gasteiger partial charge on any atom is -0.447 e. The molecule has 1 rings (SSSR count). The van der Waals surface area contributed by atoms with Crippen molar-refractivity contribution in [3.8, 4) is 0 Å². The Morgan fingerprint density at radius 2 is 2.33 bits per heavy atom. The second-order valence-corrected chi connectivity index (χ2v) is 3.12. The van der Waals surface area contributed by atoms with Gasteiger partial charge in [0.1, 0.15) is 11.4 Å². The molecule has 1 unspecified atom stereocenters. The molecule has 0 aliphatic carbocycles. The number of methoxy groups -OCH3 is 1. The largest absolute Gasteiger partial charge is 0.447 e. The maximum atomic E-state index is 5.62. The molecule has 1 aromatic rings. The molecule has 0 amide bonds. The average Bonchev–Trinajstić information content (AvgIpc) is 2.51. The lowest BCUT2D eigenvalue weighted by Crippen LogP contribution is -2.33. The normalized spacial score (nSPS) is 16.0. The molecule has 0 spiro atoms. The number of hydrogen-bond donors (Lipinski definition) is 1. The Kier molecular flexibility index (Phi) is 2.77. The Bertz CT molecular complexity index is 255. The summed E-state index contributed by atoms with van der Waals surface area (Å²) in [5.74, 6) is 0.650. The van der Waals surface area contributed by atoms with E-state index in [4.69, 9.17) is 26.5 Å². The molecule has 12 heavy (non-hydrogen) atoms. The van der Waals surface area contributed by atoms with Gasteiger partial charge in [0.05, 0.1) is 0 Å². The van der Waals surface area contributed by atoms with E-state index in [0.29, 0.717) is 17.5 Å². The van der Waals surface area contributed by atoms with Crippen LogP contribution in [0.5, 0.6) is 0 Å². The first-order chi connectivity index (χ1) is 5.62. The van der Waals surface area contributed by atoms with Crippen LogP contribution in [0.4, 0.5) is 0 Å². The fourth-order valence-electron chi connectivity index (χ4n) is 0.883. The van der Waals surface area contributed by atoms with Crippen LogP contribution in [0.2, 0.25) is 5.22 Å². The Hall–Kier alpha value is -0.510. The van der Waals surface area contributed by atoms with E-state index >= 15 is 0 Å². The van der Waals surface area contributed by atoms with Crippen molar-refractivity contribution < 1.29 is 9.15 Å². The van der Waals surface area contributed by atoms with Gasteiger partial charge in [0.15, 0.2) is 5.22 Å². The summed E-state index contributed by atoms with van der Waals surface area (Å²) in [6, 6.07) is 3.43. The van der Waals surface area contributed by atoms with Gasteiger partial charge in [-0.15, -0.1) is 0 Å². The molecule has 0 saturated carbocycles. The van der Waals surface area contributed by atoms with Crippen LogP contribution < -0.4 is 5.73 Å². The Morgan fingerprint density at radius 3 is 2.67 bits per heavy atom. The van der Waals surface area contributed by atoms with E-state index in [2.05, 4.69) is 0 Å². The molecule has 0 radical (unpaired) electrons. The van der Waals surface area contributed by atoms with E-state index in [9.17, 15) is 0 Å². The van der Waals surface area contributed by atoms with Gasteiger partial charge in [0.25, 0.3) is 0 Å². The number of halogens is 1. The summed E-state index contributed by atoms with van der Waals surface area (Å²) < 4.78 is 10.4. The zero-order chi connectivity index (χ0) is 9.19. The zero-order valence-electron chi connectivity index (χ0n) is 7.13. The molecule has 4 heteroatoms. The topological polar surface area (TPSA) is 48.4 Å². The fourth-order valence-corrected chi connectivity index (χ4v) is 1.03. The van der Waals surface area contributed by atoms with Crippen molar-refractivity contribution in [2.24, 2.45) is 5.73 Å². The van der Waals surface area contributed by atoms with Gasteiger partial charge in [-0.25, -0.2) is 0 Å². The van der Waals surface area contributed by atoms with Crippen molar-refractivity contribution in [2.75, 3.05) is 13.7 Å². The highest BCUT2D eigenvalue weighted by molar-refractivity contribution is 6.28. The summed E-state index contributed by atoms with van der Waals surface area (Å²) in [5.41, 5.74) is 4.95. The van der Waals surface area contributed by atoms with Gasteiger partial charge < -0.3 is 14.9 Å². The summed E-state index contributed by atoms with van der Waals surface area (Å²) in [6.07, 6.45) is 0.